The molecule has 1 aromatic heterocycles. The summed E-state index contributed by atoms with van der Waals surface area (Å²) in [5.74, 6) is 1.08. The van der Waals surface area contributed by atoms with Crippen molar-refractivity contribution < 1.29 is 4.79 Å². The second-order valence-electron chi connectivity index (χ2n) is 7.78. The minimum Gasteiger partial charge on any atom is -0.354 e. The number of hydrogen-bond donors (Lipinski definition) is 1. The number of piperazine rings is 1. The SMILES string of the molecule is CN1CCN(c2ncccc2CNC(=O)CN2CCc3ccccc3C2)CC1. The Hall–Kier alpha value is -2.44. The van der Waals surface area contributed by atoms with Gasteiger partial charge < -0.3 is 15.1 Å². The maximum atomic E-state index is 12.5. The van der Waals surface area contributed by atoms with E-state index in [0.29, 0.717) is 13.1 Å². The van der Waals surface area contributed by atoms with E-state index in [-0.39, 0.29) is 5.91 Å². The lowest BCUT2D eigenvalue weighted by molar-refractivity contribution is -0.122. The van der Waals surface area contributed by atoms with Crippen LogP contribution in [0.1, 0.15) is 16.7 Å². The van der Waals surface area contributed by atoms with Crippen LogP contribution in [0.5, 0.6) is 0 Å². The second kappa shape index (κ2) is 8.71. The Bertz CT molecular complexity index is 816. The normalized spacial score (nSPS) is 18.0. The number of fused-ring (bicyclic) bond motifs is 1. The Balaban J connectivity index is 1.32. The van der Waals surface area contributed by atoms with E-state index in [4.69, 9.17) is 0 Å². The van der Waals surface area contributed by atoms with Crippen LogP contribution < -0.4 is 10.2 Å². The average Bonchev–Trinajstić information content (AvgIpc) is 2.73. The van der Waals surface area contributed by atoms with Gasteiger partial charge in [0, 0.05) is 57.6 Å². The summed E-state index contributed by atoms with van der Waals surface area (Å²) in [6.07, 6.45) is 2.85. The third kappa shape index (κ3) is 4.51. The molecule has 3 heterocycles. The smallest absolute Gasteiger partial charge is 0.234 e. The predicted octanol–water partition coefficient (Wildman–Crippen LogP) is 1.51. The van der Waals surface area contributed by atoms with E-state index in [1.54, 1.807) is 0 Å². The van der Waals surface area contributed by atoms with Gasteiger partial charge in [-0.15, -0.1) is 0 Å². The van der Waals surface area contributed by atoms with Crippen LogP contribution in [-0.2, 0) is 24.3 Å². The number of likely N-dealkylation sites (N-methyl/N-ethyl adjacent to an activating group) is 1. The largest absolute Gasteiger partial charge is 0.354 e. The van der Waals surface area contributed by atoms with Crippen LogP contribution in [0.2, 0.25) is 0 Å². The monoisotopic (exact) mass is 379 g/mol. The number of nitrogens with one attached hydrogen (secondary N) is 1. The van der Waals surface area contributed by atoms with E-state index in [1.165, 1.54) is 11.1 Å². The summed E-state index contributed by atoms with van der Waals surface area (Å²) in [6, 6.07) is 12.5. The first-order valence-corrected chi connectivity index (χ1v) is 10.1. The van der Waals surface area contributed by atoms with Crippen molar-refractivity contribution in [2.45, 2.75) is 19.5 Å². The molecular formula is C22H29N5O. The van der Waals surface area contributed by atoms with Crippen molar-refractivity contribution in [2.75, 3.05) is 51.2 Å². The minimum absolute atomic E-state index is 0.0764. The molecule has 0 aliphatic carbocycles. The van der Waals surface area contributed by atoms with Crippen LogP contribution in [0, 0.1) is 0 Å². The lowest BCUT2D eigenvalue weighted by Gasteiger charge is -2.34. The lowest BCUT2D eigenvalue weighted by atomic mass is 10.00. The van der Waals surface area contributed by atoms with Crippen molar-refractivity contribution >= 4 is 11.7 Å². The Labute approximate surface area is 167 Å². The Morgan fingerprint density at radius 2 is 1.82 bits per heavy atom. The van der Waals surface area contributed by atoms with Crippen molar-refractivity contribution in [3.63, 3.8) is 0 Å². The molecule has 0 radical (unpaired) electrons. The molecule has 6 heteroatoms. The first-order chi connectivity index (χ1) is 13.7. The van der Waals surface area contributed by atoms with E-state index in [9.17, 15) is 4.79 Å². The number of aromatic nitrogens is 1. The van der Waals surface area contributed by atoms with Crippen LogP contribution in [-0.4, -0.2) is 67.0 Å². The molecule has 1 amide bonds. The number of nitrogens with zero attached hydrogens (tertiary/aromatic N) is 4. The van der Waals surface area contributed by atoms with E-state index < -0.39 is 0 Å². The highest BCUT2D eigenvalue weighted by atomic mass is 16.2. The molecule has 2 aromatic rings. The number of rotatable bonds is 5. The molecule has 0 spiro atoms. The summed E-state index contributed by atoms with van der Waals surface area (Å²) in [5.41, 5.74) is 3.84. The van der Waals surface area contributed by atoms with Gasteiger partial charge in [-0.2, -0.15) is 0 Å². The molecule has 4 rings (SSSR count). The van der Waals surface area contributed by atoms with Gasteiger partial charge in [-0.25, -0.2) is 4.98 Å². The summed E-state index contributed by atoms with van der Waals surface area (Å²) in [4.78, 5) is 24.0. The summed E-state index contributed by atoms with van der Waals surface area (Å²) in [7, 11) is 2.15. The molecule has 2 aliphatic heterocycles. The first-order valence-electron chi connectivity index (χ1n) is 10.1. The molecule has 28 heavy (non-hydrogen) atoms. The summed E-state index contributed by atoms with van der Waals surface area (Å²) >= 11 is 0. The second-order valence-corrected chi connectivity index (χ2v) is 7.78. The zero-order valence-corrected chi connectivity index (χ0v) is 16.6. The fraction of sp³-hybridized carbons (Fsp3) is 0.455. The molecule has 2 aliphatic rings. The first kappa shape index (κ1) is 18.9. The number of amides is 1. The van der Waals surface area contributed by atoms with Gasteiger partial charge in [0.2, 0.25) is 5.91 Å². The zero-order valence-electron chi connectivity index (χ0n) is 16.6. The van der Waals surface area contributed by atoms with Gasteiger partial charge in [-0.3, -0.25) is 9.69 Å². The average molecular weight is 380 g/mol. The molecule has 0 bridgehead atoms. The van der Waals surface area contributed by atoms with Gasteiger partial charge in [0.15, 0.2) is 0 Å². The molecule has 148 valence electrons. The fourth-order valence-corrected chi connectivity index (χ4v) is 4.01. The van der Waals surface area contributed by atoms with Crippen molar-refractivity contribution in [3.8, 4) is 0 Å². The van der Waals surface area contributed by atoms with Crippen LogP contribution >= 0.6 is 0 Å². The maximum absolute atomic E-state index is 12.5. The van der Waals surface area contributed by atoms with E-state index in [1.807, 2.05) is 12.3 Å². The Kier molecular flexibility index (Phi) is 5.88. The van der Waals surface area contributed by atoms with E-state index in [2.05, 4.69) is 62.4 Å². The Morgan fingerprint density at radius 3 is 2.64 bits per heavy atom. The molecule has 1 fully saturated rings. The number of pyridine rings is 1. The summed E-state index contributed by atoms with van der Waals surface area (Å²) < 4.78 is 0. The molecule has 6 nitrogen and oxygen atoms in total. The van der Waals surface area contributed by atoms with E-state index >= 15 is 0 Å². The molecular weight excluding hydrogens is 350 g/mol. The number of benzene rings is 1. The quantitative estimate of drug-likeness (QED) is 0.854. The highest BCUT2D eigenvalue weighted by Crippen LogP contribution is 2.19. The van der Waals surface area contributed by atoms with Gasteiger partial charge in [-0.05, 0) is 30.7 Å². The highest BCUT2D eigenvalue weighted by Gasteiger charge is 2.20. The van der Waals surface area contributed by atoms with Crippen molar-refractivity contribution in [1.29, 1.82) is 0 Å². The fourth-order valence-electron chi connectivity index (χ4n) is 4.01. The molecule has 0 saturated carbocycles. The number of hydrogen-bond acceptors (Lipinski definition) is 5. The van der Waals surface area contributed by atoms with Gasteiger partial charge in [0.1, 0.15) is 5.82 Å². The van der Waals surface area contributed by atoms with Gasteiger partial charge in [0.25, 0.3) is 0 Å². The minimum atomic E-state index is 0.0764. The molecule has 0 unspecified atom stereocenters. The molecule has 1 saturated heterocycles. The number of carbonyl (C=O) groups excluding carboxylic acids is 1. The Morgan fingerprint density at radius 1 is 1.04 bits per heavy atom. The third-order valence-electron chi connectivity index (χ3n) is 5.72. The number of anilines is 1. The standard InChI is InChI=1S/C22H29N5O/c1-25-11-13-27(14-12-25)22-19(7-4-9-23-22)15-24-21(28)17-26-10-8-18-5-2-3-6-20(18)16-26/h2-7,9H,8,10-17H2,1H3,(H,24,28). The van der Waals surface area contributed by atoms with Crippen LogP contribution in [0.4, 0.5) is 5.82 Å². The highest BCUT2D eigenvalue weighted by molar-refractivity contribution is 5.78. The van der Waals surface area contributed by atoms with E-state index in [0.717, 1.165) is 57.1 Å². The van der Waals surface area contributed by atoms with Crippen LogP contribution in [0.25, 0.3) is 0 Å². The van der Waals surface area contributed by atoms with Gasteiger partial charge in [0.05, 0.1) is 6.54 Å². The van der Waals surface area contributed by atoms with Crippen LogP contribution in [0.3, 0.4) is 0 Å². The third-order valence-corrected chi connectivity index (χ3v) is 5.72. The summed E-state index contributed by atoms with van der Waals surface area (Å²) in [5, 5.41) is 3.10. The van der Waals surface area contributed by atoms with Crippen molar-refractivity contribution in [2.24, 2.45) is 0 Å². The van der Waals surface area contributed by atoms with Crippen molar-refractivity contribution in [3.05, 3.63) is 59.3 Å². The number of carbonyl (C=O) groups is 1. The molecule has 1 N–H and O–H groups in total. The molecule has 0 atom stereocenters. The lowest BCUT2D eigenvalue weighted by Crippen LogP contribution is -2.45. The topological polar surface area (TPSA) is 51.7 Å². The molecule has 1 aromatic carbocycles. The van der Waals surface area contributed by atoms with Crippen LogP contribution in [0.15, 0.2) is 42.6 Å². The zero-order chi connectivity index (χ0) is 19.3. The maximum Gasteiger partial charge on any atom is 0.234 e. The summed E-state index contributed by atoms with van der Waals surface area (Å²) in [6.45, 7) is 6.78. The predicted molar refractivity (Wildman–Crippen MR) is 111 cm³/mol. The van der Waals surface area contributed by atoms with Gasteiger partial charge >= 0.3 is 0 Å². The van der Waals surface area contributed by atoms with Crippen molar-refractivity contribution in [1.82, 2.24) is 20.1 Å². The van der Waals surface area contributed by atoms with Gasteiger partial charge in [-0.1, -0.05) is 30.3 Å².